The number of benzene rings is 1. The number of aromatic nitrogens is 1. The van der Waals surface area contributed by atoms with Gasteiger partial charge in [0.2, 0.25) is 0 Å². The van der Waals surface area contributed by atoms with Crippen LogP contribution in [0.2, 0.25) is 0 Å². The third-order valence-corrected chi connectivity index (χ3v) is 6.15. The Morgan fingerprint density at radius 1 is 1.04 bits per heavy atom. The van der Waals surface area contributed by atoms with E-state index in [1.54, 1.807) is 6.20 Å². The molecule has 1 aromatic heterocycles. The smallest absolute Gasteiger partial charge is 0.410 e. The van der Waals surface area contributed by atoms with Crippen LogP contribution < -0.4 is 4.74 Å². The van der Waals surface area contributed by atoms with Crippen LogP contribution in [0.1, 0.15) is 25.7 Å². The predicted octanol–water partition coefficient (Wildman–Crippen LogP) is 3.81. The van der Waals surface area contributed by atoms with Crippen LogP contribution in [-0.4, -0.2) is 52.6 Å². The van der Waals surface area contributed by atoms with E-state index < -0.39 is 0 Å². The number of hydrogen-bond acceptors (Lipinski definition) is 4. The molecule has 5 heteroatoms. The third kappa shape index (κ3) is 3.44. The first-order valence-corrected chi connectivity index (χ1v) is 10.0. The molecular formula is C22H25N3O2. The summed E-state index contributed by atoms with van der Waals surface area (Å²) in [5.41, 5.74) is 1.94. The molecule has 1 aromatic carbocycles. The van der Waals surface area contributed by atoms with Crippen molar-refractivity contribution in [3.8, 4) is 17.0 Å². The zero-order chi connectivity index (χ0) is 18.2. The van der Waals surface area contributed by atoms with E-state index in [1.807, 2.05) is 42.5 Å². The molecule has 1 saturated carbocycles. The van der Waals surface area contributed by atoms with Gasteiger partial charge in [-0.25, -0.2) is 4.79 Å². The first-order chi connectivity index (χ1) is 13.3. The summed E-state index contributed by atoms with van der Waals surface area (Å²) >= 11 is 0. The molecule has 4 fully saturated rings. The Morgan fingerprint density at radius 3 is 2.41 bits per heavy atom. The van der Waals surface area contributed by atoms with E-state index in [2.05, 4.69) is 14.8 Å². The molecule has 140 valence electrons. The molecule has 0 spiro atoms. The van der Waals surface area contributed by atoms with E-state index in [4.69, 9.17) is 4.74 Å². The normalized spacial score (nSPS) is 26.6. The zero-order valence-corrected chi connectivity index (χ0v) is 15.5. The van der Waals surface area contributed by atoms with Gasteiger partial charge in [-0.15, -0.1) is 0 Å². The lowest BCUT2D eigenvalue weighted by atomic mass is 9.83. The zero-order valence-electron chi connectivity index (χ0n) is 15.5. The van der Waals surface area contributed by atoms with Crippen LogP contribution in [0.5, 0.6) is 5.75 Å². The van der Waals surface area contributed by atoms with Crippen LogP contribution in [0.25, 0.3) is 11.3 Å². The minimum Gasteiger partial charge on any atom is -0.410 e. The van der Waals surface area contributed by atoms with Gasteiger partial charge in [-0.2, -0.15) is 0 Å². The number of pyridine rings is 1. The molecule has 4 heterocycles. The van der Waals surface area contributed by atoms with Crippen molar-refractivity contribution in [3.05, 3.63) is 48.7 Å². The van der Waals surface area contributed by atoms with E-state index in [9.17, 15) is 4.79 Å². The van der Waals surface area contributed by atoms with Crippen LogP contribution in [0.4, 0.5) is 4.79 Å². The van der Waals surface area contributed by atoms with E-state index in [-0.39, 0.29) is 6.09 Å². The van der Waals surface area contributed by atoms with Gasteiger partial charge >= 0.3 is 6.09 Å². The van der Waals surface area contributed by atoms with Crippen LogP contribution in [0.3, 0.4) is 0 Å². The lowest BCUT2D eigenvalue weighted by Gasteiger charge is -2.48. The first-order valence-electron chi connectivity index (χ1n) is 10.0. The number of fused-ring (bicyclic) bond motifs is 3. The molecular weight excluding hydrogens is 338 g/mol. The highest BCUT2D eigenvalue weighted by Gasteiger charge is 2.45. The van der Waals surface area contributed by atoms with Gasteiger partial charge in [-0.05, 0) is 81.1 Å². The van der Waals surface area contributed by atoms with Crippen molar-refractivity contribution in [3.63, 3.8) is 0 Å². The fourth-order valence-corrected chi connectivity index (χ4v) is 4.54. The fourth-order valence-electron chi connectivity index (χ4n) is 4.54. The van der Waals surface area contributed by atoms with Gasteiger partial charge in [0.1, 0.15) is 5.75 Å². The second kappa shape index (κ2) is 6.97. The Kier molecular flexibility index (Phi) is 4.32. The van der Waals surface area contributed by atoms with Crippen LogP contribution in [0, 0.1) is 5.92 Å². The summed E-state index contributed by atoms with van der Waals surface area (Å²) in [6.07, 6.45) is 6.24. The molecule has 1 aliphatic carbocycles. The molecule has 1 amide bonds. The number of carbonyl (C=O) groups excluding carboxylic acids is 1. The van der Waals surface area contributed by atoms with Gasteiger partial charge in [0.15, 0.2) is 0 Å². The Hall–Kier alpha value is -2.40. The second-order valence-corrected chi connectivity index (χ2v) is 7.95. The van der Waals surface area contributed by atoms with Crippen molar-refractivity contribution in [2.24, 2.45) is 5.92 Å². The fraction of sp³-hybridized carbons (Fsp3) is 0.455. The summed E-state index contributed by atoms with van der Waals surface area (Å²) in [6.45, 7) is 3.38. The quantitative estimate of drug-likeness (QED) is 0.829. The maximum Gasteiger partial charge on any atom is 0.415 e. The first kappa shape index (κ1) is 16.8. The Morgan fingerprint density at radius 2 is 1.81 bits per heavy atom. The lowest BCUT2D eigenvalue weighted by Crippen LogP contribution is -2.59. The molecule has 3 aliphatic heterocycles. The topological polar surface area (TPSA) is 45.7 Å². The standard InChI is InChI=1S/C22H25N3O2/c26-22(25(18-6-7-18)21-15-24-13-10-17(21)11-14-24)27-19-8-4-16(5-9-19)20-3-1-2-12-23-20/h1-5,8-9,12,17-18,21H,6-7,10-11,13-15H2. The number of carbonyl (C=O) groups is 1. The summed E-state index contributed by atoms with van der Waals surface area (Å²) in [5.74, 6) is 1.24. The van der Waals surface area contributed by atoms with Gasteiger partial charge in [-0.1, -0.05) is 6.07 Å². The van der Waals surface area contributed by atoms with Gasteiger partial charge in [0, 0.05) is 24.3 Å². The highest BCUT2D eigenvalue weighted by atomic mass is 16.6. The highest BCUT2D eigenvalue weighted by Crippen LogP contribution is 2.38. The van der Waals surface area contributed by atoms with Crippen molar-refractivity contribution >= 4 is 6.09 Å². The minimum atomic E-state index is -0.179. The lowest BCUT2D eigenvalue weighted by molar-refractivity contribution is 0.00929. The molecule has 2 aromatic rings. The number of hydrogen-bond donors (Lipinski definition) is 0. The molecule has 0 N–H and O–H groups in total. The van der Waals surface area contributed by atoms with Crippen LogP contribution in [-0.2, 0) is 0 Å². The Bertz CT molecular complexity index is 796. The van der Waals surface area contributed by atoms with Gasteiger partial charge in [0.05, 0.1) is 11.7 Å². The van der Waals surface area contributed by atoms with E-state index in [0.29, 0.717) is 23.8 Å². The summed E-state index contributed by atoms with van der Waals surface area (Å²) < 4.78 is 5.78. The number of piperidine rings is 3. The number of nitrogens with zero attached hydrogens (tertiary/aromatic N) is 3. The molecule has 2 bridgehead atoms. The Balaban J connectivity index is 1.30. The largest absolute Gasteiger partial charge is 0.415 e. The number of ether oxygens (including phenoxy) is 1. The van der Waals surface area contributed by atoms with Gasteiger partial charge in [-0.3, -0.25) is 4.98 Å². The van der Waals surface area contributed by atoms with E-state index in [1.165, 1.54) is 25.9 Å². The van der Waals surface area contributed by atoms with Crippen molar-refractivity contribution < 1.29 is 9.53 Å². The molecule has 0 radical (unpaired) electrons. The molecule has 1 atom stereocenters. The number of rotatable bonds is 4. The van der Waals surface area contributed by atoms with Crippen LogP contribution >= 0.6 is 0 Å². The minimum absolute atomic E-state index is 0.179. The SMILES string of the molecule is O=C(Oc1ccc(-c2ccccn2)cc1)N(C1CC1)C1CN2CCC1CC2. The van der Waals surface area contributed by atoms with E-state index in [0.717, 1.165) is 30.6 Å². The monoisotopic (exact) mass is 363 g/mol. The van der Waals surface area contributed by atoms with Crippen LogP contribution in [0.15, 0.2) is 48.7 Å². The van der Waals surface area contributed by atoms with Crippen molar-refractivity contribution in [1.29, 1.82) is 0 Å². The third-order valence-electron chi connectivity index (χ3n) is 6.15. The highest BCUT2D eigenvalue weighted by molar-refractivity contribution is 5.72. The van der Waals surface area contributed by atoms with E-state index >= 15 is 0 Å². The summed E-state index contributed by atoms with van der Waals surface area (Å²) in [6, 6.07) is 14.2. The van der Waals surface area contributed by atoms with Crippen molar-refractivity contribution in [2.75, 3.05) is 19.6 Å². The second-order valence-electron chi connectivity index (χ2n) is 7.95. The Labute approximate surface area is 159 Å². The molecule has 27 heavy (non-hydrogen) atoms. The molecule has 1 unspecified atom stereocenters. The summed E-state index contributed by atoms with van der Waals surface area (Å²) in [5, 5.41) is 0. The van der Waals surface area contributed by atoms with Gasteiger partial charge < -0.3 is 14.5 Å². The van der Waals surface area contributed by atoms with Gasteiger partial charge in [0.25, 0.3) is 0 Å². The number of amides is 1. The summed E-state index contributed by atoms with van der Waals surface area (Å²) in [7, 11) is 0. The molecule has 5 nitrogen and oxygen atoms in total. The van der Waals surface area contributed by atoms with Crippen molar-refractivity contribution in [1.82, 2.24) is 14.8 Å². The summed E-state index contributed by atoms with van der Waals surface area (Å²) in [4.78, 5) is 21.9. The van der Waals surface area contributed by atoms with Crippen molar-refractivity contribution in [2.45, 2.75) is 37.8 Å². The molecule has 4 aliphatic rings. The maximum absolute atomic E-state index is 13.0. The predicted molar refractivity (Wildman–Crippen MR) is 104 cm³/mol. The molecule has 3 saturated heterocycles. The average molecular weight is 363 g/mol. The maximum atomic E-state index is 13.0. The molecule has 6 rings (SSSR count). The average Bonchev–Trinajstić information content (AvgIpc) is 3.55.